The Morgan fingerprint density at radius 1 is 0.909 bits per heavy atom. The SMILES string of the molecule is C=C1C[C@@]2(C)C(CC[C@@H]2O[Si](C)(C)C(C)(C)C)C2[C@H]3OC(C)(C)O[C@@H]3C3CCCC[C@]3(C)[C@@H]12. The van der Waals surface area contributed by atoms with Gasteiger partial charge in [-0.3, -0.25) is 0 Å². The van der Waals surface area contributed by atoms with Crippen molar-refractivity contribution in [1.29, 1.82) is 0 Å². The van der Waals surface area contributed by atoms with Gasteiger partial charge in [0.1, 0.15) is 0 Å². The van der Waals surface area contributed by atoms with Gasteiger partial charge in [0.2, 0.25) is 0 Å². The fourth-order valence-corrected chi connectivity index (χ4v) is 10.4. The van der Waals surface area contributed by atoms with E-state index in [9.17, 15) is 0 Å². The molecule has 1 heterocycles. The van der Waals surface area contributed by atoms with Crippen LogP contribution in [0.25, 0.3) is 0 Å². The number of allylic oxidation sites excluding steroid dienone is 1. The van der Waals surface area contributed by atoms with Crippen molar-refractivity contribution in [2.45, 2.75) is 136 Å². The van der Waals surface area contributed by atoms with E-state index in [2.05, 4.69) is 61.6 Å². The Bertz CT molecular complexity index is 812. The summed E-state index contributed by atoms with van der Waals surface area (Å²) < 4.78 is 20.7. The van der Waals surface area contributed by atoms with Crippen LogP contribution in [0.1, 0.15) is 93.4 Å². The van der Waals surface area contributed by atoms with Crippen LogP contribution in [-0.4, -0.2) is 32.4 Å². The molecule has 33 heavy (non-hydrogen) atoms. The van der Waals surface area contributed by atoms with Gasteiger partial charge in [0.25, 0.3) is 0 Å². The number of fused-ring (bicyclic) bond motifs is 8. The molecular formula is C29H50O3Si. The Morgan fingerprint density at radius 3 is 2.24 bits per heavy atom. The van der Waals surface area contributed by atoms with Crippen LogP contribution in [0, 0.1) is 34.5 Å². The molecule has 0 radical (unpaired) electrons. The fourth-order valence-electron chi connectivity index (χ4n) is 9.00. The first kappa shape index (κ1) is 24.5. The zero-order valence-electron chi connectivity index (χ0n) is 22.9. The van der Waals surface area contributed by atoms with Gasteiger partial charge in [-0.2, -0.15) is 0 Å². The molecule has 0 aromatic carbocycles. The highest BCUT2D eigenvalue weighted by Gasteiger charge is 2.69. The van der Waals surface area contributed by atoms with Gasteiger partial charge in [-0.05, 0) is 98.6 Å². The van der Waals surface area contributed by atoms with Gasteiger partial charge in [-0.25, -0.2) is 0 Å². The molecule has 0 N–H and O–H groups in total. The average Bonchev–Trinajstić information content (AvgIpc) is 3.15. The predicted molar refractivity (Wildman–Crippen MR) is 138 cm³/mol. The third kappa shape index (κ3) is 3.51. The molecule has 0 aromatic rings. The molecule has 188 valence electrons. The lowest BCUT2D eigenvalue weighted by atomic mass is 9.43. The molecule has 1 saturated heterocycles. The fraction of sp³-hybridized carbons (Fsp3) is 0.931. The summed E-state index contributed by atoms with van der Waals surface area (Å²) in [5.74, 6) is 1.82. The van der Waals surface area contributed by atoms with Crippen molar-refractivity contribution in [1.82, 2.24) is 0 Å². The molecule has 3 unspecified atom stereocenters. The highest BCUT2D eigenvalue weighted by atomic mass is 28.4. The maximum atomic E-state index is 7.17. The van der Waals surface area contributed by atoms with Gasteiger partial charge in [-0.1, -0.05) is 59.6 Å². The second kappa shape index (κ2) is 7.43. The van der Waals surface area contributed by atoms with Crippen LogP contribution >= 0.6 is 0 Å². The molecule has 5 fully saturated rings. The summed E-state index contributed by atoms with van der Waals surface area (Å²) in [4.78, 5) is 0. The standard InChI is InChI=1S/C29H50O3Si/c1-18-17-29(8)19(14-15-21(29)32-33(9,10)26(2,3)4)22-23(18)28(7)16-12-11-13-20(28)24-25(22)31-27(5,6)30-24/h19-25H,1,11-17H2,2-10H3/t19?,20?,21-,22?,23-,24+,25+,28-,29-/m0/s1. The number of hydrogen-bond donors (Lipinski definition) is 0. The molecule has 0 bridgehead atoms. The van der Waals surface area contributed by atoms with Gasteiger partial charge >= 0.3 is 0 Å². The van der Waals surface area contributed by atoms with Crippen molar-refractivity contribution in [2.24, 2.45) is 34.5 Å². The van der Waals surface area contributed by atoms with E-state index in [0.29, 0.717) is 35.2 Å². The summed E-state index contributed by atoms with van der Waals surface area (Å²) in [7, 11) is -1.84. The first-order valence-corrected chi connectivity index (χ1v) is 16.7. The van der Waals surface area contributed by atoms with Crippen molar-refractivity contribution in [3.8, 4) is 0 Å². The van der Waals surface area contributed by atoms with Crippen molar-refractivity contribution >= 4 is 8.32 Å². The van der Waals surface area contributed by atoms with E-state index in [4.69, 9.17) is 20.5 Å². The first-order valence-electron chi connectivity index (χ1n) is 13.8. The Balaban J connectivity index is 1.53. The van der Waals surface area contributed by atoms with E-state index in [1.807, 2.05) is 0 Å². The maximum Gasteiger partial charge on any atom is 0.192 e. The average molecular weight is 475 g/mol. The second-order valence-corrected chi connectivity index (χ2v) is 19.6. The molecule has 4 aliphatic carbocycles. The molecule has 4 heteroatoms. The van der Waals surface area contributed by atoms with E-state index in [0.717, 1.165) is 6.42 Å². The van der Waals surface area contributed by atoms with Crippen LogP contribution in [0.15, 0.2) is 12.2 Å². The molecule has 4 saturated carbocycles. The molecular weight excluding hydrogens is 424 g/mol. The van der Waals surface area contributed by atoms with Crippen LogP contribution in [0.5, 0.6) is 0 Å². The van der Waals surface area contributed by atoms with E-state index in [1.54, 1.807) is 0 Å². The minimum absolute atomic E-state index is 0.159. The number of ether oxygens (including phenoxy) is 2. The third-order valence-electron chi connectivity index (χ3n) is 11.4. The van der Waals surface area contributed by atoms with E-state index in [1.165, 1.54) is 44.1 Å². The third-order valence-corrected chi connectivity index (χ3v) is 15.9. The van der Waals surface area contributed by atoms with E-state index in [-0.39, 0.29) is 22.7 Å². The zero-order chi connectivity index (χ0) is 24.2. The van der Waals surface area contributed by atoms with E-state index < -0.39 is 14.1 Å². The van der Waals surface area contributed by atoms with E-state index >= 15 is 0 Å². The summed E-state index contributed by atoms with van der Waals surface area (Å²) in [6, 6.07) is 0. The summed E-state index contributed by atoms with van der Waals surface area (Å²) in [5, 5.41) is 0.237. The lowest BCUT2D eigenvalue weighted by Crippen LogP contribution is -2.63. The summed E-state index contributed by atoms with van der Waals surface area (Å²) in [5.41, 5.74) is 1.95. The highest BCUT2D eigenvalue weighted by Crippen LogP contribution is 2.70. The molecule has 0 aromatic heterocycles. The van der Waals surface area contributed by atoms with Crippen LogP contribution < -0.4 is 0 Å². The summed E-state index contributed by atoms with van der Waals surface area (Å²) >= 11 is 0. The van der Waals surface area contributed by atoms with Gasteiger partial charge in [0.15, 0.2) is 14.1 Å². The molecule has 1 aliphatic heterocycles. The Kier molecular flexibility index (Phi) is 5.52. The minimum Gasteiger partial charge on any atom is -0.413 e. The predicted octanol–water partition coefficient (Wildman–Crippen LogP) is 7.72. The molecule has 5 aliphatic rings. The quantitative estimate of drug-likeness (QED) is 0.303. The van der Waals surface area contributed by atoms with Gasteiger partial charge in [0.05, 0.1) is 18.3 Å². The number of rotatable bonds is 2. The van der Waals surface area contributed by atoms with Crippen molar-refractivity contribution in [2.75, 3.05) is 0 Å². The molecule has 0 amide bonds. The Morgan fingerprint density at radius 2 is 1.58 bits per heavy atom. The van der Waals surface area contributed by atoms with Gasteiger partial charge < -0.3 is 13.9 Å². The van der Waals surface area contributed by atoms with Gasteiger partial charge in [-0.15, -0.1) is 0 Å². The van der Waals surface area contributed by atoms with Crippen LogP contribution in [-0.2, 0) is 13.9 Å². The lowest BCUT2D eigenvalue weighted by molar-refractivity contribution is -0.162. The smallest absolute Gasteiger partial charge is 0.192 e. The van der Waals surface area contributed by atoms with Crippen molar-refractivity contribution in [3.05, 3.63) is 12.2 Å². The zero-order valence-corrected chi connectivity index (χ0v) is 23.9. The topological polar surface area (TPSA) is 27.7 Å². The number of hydrogen-bond acceptors (Lipinski definition) is 3. The summed E-state index contributed by atoms with van der Waals surface area (Å²) in [6.45, 7) is 26.2. The highest BCUT2D eigenvalue weighted by molar-refractivity contribution is 6.74. The summed E-state index contributed by atoms with van der Waals surface area (Å²) in [6.07, 6.45) is 9.64. The van der Waals surface area contributed by atoms with Crippen molar-refractivity contribution in [3.63, 3.8) is 0 Å². The second-order valence-electron chi connectivity index (χ2n) is 14.9. The molecule has 0 spiro atoms. The Hall–Kier alpha value is -0.163. The van der Waals surface area contributed by atoms with Crippen LogP contribution in [0.3, 0.4) is 0 Å². The molecule has 5 rings (SSSR count). The lowest BCUT2D eigenvalue weighted by Gasteiger charge is -2.63. The normalized spacial score (nSPS) is 49.2. The Labute approximate surface area is 204 Å². The largest absolute Gasteiger partial charge is 0.413 e. The maximum absolute atomic E-state index is 7.17. The minimum atomic E-state index is -1.84. The molecule has 3 nitrogen and oxygen atoms in total. The van der Waals surface area contributed by atoms with Crippen LogP contribution in [0.4, 0.5) is 0 Å². The van der Waals surface area contributed by atoms with Crippen molar-refractivity contribution < 1.29 is 13.9 Å². The molecule has 9 atom stereocenters. The monoisotopic (exact) mass is 474 g/mol. The van der Waals surface area contributed by atoms with Gasteiger partial charge in [0, 0.05) is 0 Å². The first-order chi connectivity index (χ1) is 15.1. The van der Waals surface area contributed by atoms with Crippen LogP contribution in [0.2, 0.25) is 18.1 Å².